The maximum atomic E-state index is 8.63. The van der Waals surface area contributed by atoms with Crippen LogP contribution < -0.4 is 4.90 Å². The largest absolute Gasteiger partial charge is 0.477 e. The van der Waals surface area contributed by atoms with Gasteiger partial charge in [-0.15, -0.1) is 4.99 Å². The molecule has 0 saturated heterocycles. The highest BCUT2D eigenvalue weighted by Gasteiger charge is 2.07. The number of nitriles is 1. The van der Waals surface area contributed by atoms with E-state index in [1.807, 2.05) is 32.0 Å². The van der Waals surface area contributed by atoms with Crippen LogP contribution in [0.15, 0.2) is 23.5 Å². The van der Waals surface area contributed by atoms with Gasteiger partial charge in [0.15, 0.2) is 0 Å². The summed E-state index contributed by atoms with van der Waals surface area (Å²) in [6.07, 6.45) is 5.99. The van der Waals surface area contributed by atoms with Crippen molar-refractivity contribution in [1.82, 2.24) is 4.98 Å². The standard InChI is InChI=1S/C12H16N4O/c1-4-5-17-12(15-9-13)10-6-11(16(2)3)8-14-7-10/h6-8H,4-5H2,1-3H3. The second-order valence-corrected chi connectivity index (χ2v) is 3.69. The molecule has 1 aromatic rings. The van der Waals surface area contributed by atoms with E-state index in [0.29, 0.717) is 18.1 Å². The minimum atomic E-state index is 0.325. The topological polar surface area (TPSA) is 61.5 Å². The molecule has 0 spiro atoms. The Morgan fingerprint density at radius 2 is 2.29 bits per heavy atom. The molecule has 1 aromatic heterocycles. The number of hydrogen-bond acceptors (Lipinski definition) is 5. The van der Waals surface area contributed by atoms with E-state index < -0.39 is 0 Å². The number of anilines is 1. The average molecular weight is 232 g/mol. The lowest BCUT2D eigenvalue weighted by Crippen LogP contribution is -2.12. The molecule has 0 aliphatic heterocycles. The number of hydrogen-bond donors (Lipinski definition) is 0. The van der Waals surface area contributed by atoms with E-state index in [0.717, 1.165) is 12.1 Å². The Labute approximate surface area is 101 Å². The summed E-state index contributed by atoms with van der Waals surface area (Å²) in [4.78, 5) is 9.71. The number of ether oxygens (including phenoxy) is 1. The third kappa shape index (κ3) is 3.76. The fraction of sp³-hybridized carbons (Fsp3) is 0.417. The first-order valence-electron chi connectivity index (χ1n) is 5.41. The first-order valence-corrected chi connectivity index (χ1v) is 5.41. The molecule has 0 unspecified atom stereocenters. The molecule has 0 aliphatic carbocycles. The molecule has 1 rings (SSSR count). The molecule has 0 atom stereocenters. The van der Waals surface area contributed by atoms with Gasteiger partial charge in [-0.3, -0.25) is 4.98 Å². The zero-order chi connectivity index (χ0) is 12.7. The summed E-state index contributed by atoms with van der Waals surface area (Å²) in [5.41, 5.74) is 1.65. The van der Waals surface area contributed by atoms with Gasteiger partial charge in [0.2, 0.25) is 12.1 Å². The predicted molar refractivity (Wildman–Crippen MR) is 67.0 cm³/mol. The van der Waals surface area contributed by atoms with Crippen LogP contribution >= 0.6 is 0 Å². The van der Waals surface area contributed by atoms with Crippen molar-refractivity contribution in [3.63, 3.8) is 0 Å². The van der Waals surface area contributed by atoms with Crippen LogP contribution in [-0.2, 0) is 4.74 Å². The molecular weight excluding hydrogens is 216 g/mol. The van der Waals surface area contributed by atoms with Crippen molar-refractivity contribution in [3.8, 4) is 6.19 Å². The van der Waals surface area contributed by atoms with E-state index in [-0.39, 0.29) is 0 Å². The molecule has 0 radical (unpaired) electrons. The van der Waals surface area contributed by atoms with Crippen LogP contribution in [-0.4, -0.2) is 31.6 Å². The summed E-state index contributed by atoms with van der Waals surface area (Å²) < 4.78 is 5.42. The summed E-state index contributed by atoms with van der Waals surface area (Å²) in [6.45, 7) is 2.53. The van der Waals surface area contributed by atoms with Crippen molar-refractivity contribution >= 4 is 11.6 Å². The zero-order valence-electron chi connectivity index (χ0n) is 10.3. The van der Waals surface area contributed by atoms with Gasteiger partial charge >= 0.3 is 0 Å². The molecule has 0 bridgehead atoms. The van der Waals surface area contributed by atoms with Crippen molar-refractivity contribution in [2.45, 2.75) is 13.3 Å². The predicted octanol–water partition coefficient (Wildman–Crippen LogP) is 1.80. The first kappa shape index (κ1) is 13.0. The van der Waals surface area contributed by atoms with E-state index in [1.54, 1.807) is 18.6 Å². The van der Waals surface area contributed by atoms with Gasteiger partial charge in [-0.1, -0.05) is 6.92 Å². The molecule has 0 saturated carbocycles. The highest BCUT2D eigenvalue weighted by atomic mass is 16.5. The Morgan fingerprint density at radius 1 is 1.53 bits per heavy atom. The molecular formula is C12H16N4O. The molecule has 5 heteroatoms. The lowest BCUT2D eigenvalue weighted by atomic mass is 10.2. The van der Waals surface area contributed by atoms with Gasteiger partial charge in [0.1, 0.15) is 0 Å². The van der Waals surface area contributed by atoms with Crippen molar-refractivity contribution in [3.05, 3.63) is 24.0 Å². The highest BCUT2D eigenvalue weighted by Crippen LogP contribution is 2.12. The van der Waals surface area contributed by atoms with Gasteiger partial charge in [-0.05, 0) is 12.5 Å². The van der Waals surface area contributed by atoms with Crippen LogP contribution in [0.1, 0.15) is 18.9 Å². The van der Waals surface area contributed by atoms with Crippen LogP contribution in [0.5, 0.6) is 0 Å². The summed E-state index contributed by atoms with van der Waals surface area (Å²) in [5.74, 6) is 0.325. The van der Waals surface area contributed by atoms with E-state index in [1.165, 1.54) is 0 Å². The summed E-state index contributed by atoms with van der Waals surface area (Å²) in [6, 6.07) is 1.89. The third-order valence-electron chi connectivity index (χ3n) is 2.08. The SMILES string of the molecule is CCCOC(=NC#N)c1cncc(N(C)C)c1. The molecule has 5 nitrogen and oxygen atoms in total. The van der Waals surface area contributed by atoms with Gasteiger partial charge < -0.3 is 9.64 Å². The van der Waals surface area contributed by atoms with Crippen LogP contribution in [0.25, 0.3) is 0 Å². The Balaban J connectivity index is 2.99. The van der Waals surface area contributed by atoms with Gasteiger partial charge in [-0.2, -0.15) is 5.26 Å². The van der Waals surface area contributed by atoms with Crippen LogP contribution in [0, 0.1) is 11.5 Å². The minimum absolute atomic E-state index is 0.325. The summed E-state index contributed by atoms with van der Waals surface area (Å²) in [5, 5.41) is 8.63. The number of aromatic nitrogens is 1. The molecule has 0 aromatic carbocycles. The smallest absolute Gasteiger partial charge is 0.233 e. The second-order valence-electron chi connectivity index (χ2n) is 3.69. The van der Waals surface area contributed by atoms with Crippen molar-refractivity contribution in [2.75, 3.05) is 25.6 Å². The van der Waals surface area contributed by atoms with E-state index in [4.69, 9.17) is 10.00 Å². The number of rotatable bonds is 4. The third-order valence-corrected chi connectivity index (χ3v) is 2.08. The normalized spacial score (nSPS) is 10.8. The van der Waals surface area contributed by atoms with E-state index in [2.05, 4.69) is 9.98 Å². The fourth-order valence-corrected chi connectivity index (χ4v) is 1.21. The second kappa shape index (κ2) is 6.48. The van der Waals surface area contributed by atoms with Crippen molar-refractivity contribution < 1.29 is 4.74 Å². The zero-order valence-corrected chi connectivity index (χ0v) is 10.3. The first-order chi connectivity index (χ1) is 8.19. The van der Waals surface area contributed by atoms with Crippen molar-refractivity contribution in [1.29, 1.82) is 5.26 Å². The fourth-order valence-electron chi connectivity index (χ4n) is 1.21. The quantitative estimate of drug-likeness (QED) is 0.451. The molecule has 0 fully saturated rings. The minimum Gasteiger partial charge on any atom is -0.477 e. The van der Waals surface area contributed by atoms with Gasteiger partial charge in [-0.25, -0.2) is 0 Å². The maximum absolute atomic E-state index is 8.63. The number of pyridine rings is 1. The van der Waals surface area contributed by atoms with Crippen LogP contribution in [0.3, 0.4) is 0 Å². The van der Waals surface area contributed by atoms with Crippen LogP contribution in [0.4, 0.5) is 5.69 Å². The van der Waals surface area contributed by atoms with Crippen LogP contribution in [0.2, 0.25) is 0 Å². The van der Waals surface area contributed by atoms with Crippen molar-refractivity contribution in [2.24, 2.45) is 4.99 Å². The average Bonchev–Trinajstić information content (AvgIpc) is 2.34. The molecule has 90 valence electrons. The molecule has 0 N–H and O–H groups in total. The Morgan fingerprint density at radius 3 is 2.88 bits per heavy atom. The number of aliphatic imine (C=N–C) groups is 1. The maximum Gasteiger partial charge on any atom is 0.233 e. The molecule has 17 heavy (non-hydrogen) atoms. The van der Waals surface area contributed by atoms with E-state index >= 15 is 0 Å². The molecule has 0 aliphatic rings. The highest BCUT2D eigenvalue weighted by molar-refractivity contribution is 5.95. The monoisotopic (exact) mass is 232 g/mol. The Hall–Kier alpha value is -2.09. The Bertz CT molecular complexity index is 434. The lowest BCUT2D eigenvalue weighted by molar-refractivity contribution is 0.306. The van der Waals surface area contributed by atoms with Gasteiger partial charge in [0, 0.05) is 20.3 Å². The Kier molecular flexibility index (Phi) is 4.95. The molecule has 1 heterocycles. The summed E-state index contributed by atoms with van der Waals surface area (Å²) >= 11 is 0. The molecule has 0 amide bonds. The number of nitrogens with zero attached hydrogens (tertiary/aromatic N) is 4. The van der Waals surface area contributed by atoms with Gasteiger partial charge in [0.05, 0.1) is 24.1 Å². The van der Waals surface area contributed by atoms with Gasteiger partial charge in [0.25, 0.3) is 0 Å². The van der Waals surface area contributed by atoms with E-state index in [9.17, 15) is 0 Å². The summed E-state index contributed by atoms with van der Waals surface area (Å²) in [7, 11) is 3.85. The lowest BCUT2D eigenvalue weighted by Gasteiger charge is -2.13.